The highest BCUT2D eigenvalue weighted by molar-refractivity contribution is 7.09. The fourth-order valence-corrected chi connectivity index (χ4v) is 4.62. The van der Waals surface area contributed by atoms with Crippen LogP contribution in [0.2, 0.25) is 5.02 Å². The first-order chi connectivity index (χ1) is 17.0. The van der Waals surface area contributed by atoms with Crippen LogP contribution in [-0.4, -0.2) is 55.2 Å². The minimum absolute atomic E-state index is 0.0406. The smallest absolute Gasteiger partial charge is 0.254 e. The van der Waals surface area contributed by atoms with E-state index in [9.17, 15) is 9.59 Å². The lowest BCUT2D eigenvalue weighted by molar-refractivity contribution is -0.133. The zero-order chi connectivity index (χ0) is 24.6. The number of nitrogens with zero attached hydrogens (tertiary/aromatic N) is 2. The molecule has 1 aliphatic heterocycles. The van der Waals surface area contributed by atoms with Crippen molar-refractivity contribution in [1.29, 1.82) is 0 Å². The fourth-order valence-electron chi connectivity index (χ4n) is 3.77. The van der Waals surface area contributed by atoms with Gasteiger partial charge in [-0.15, -0.1) is 11.3 Å². The Bertz CT molecular complexity index is 1140. The van der Waals surface area contributed by atoms with E-state index in [1.54, 1.807) is 52.5 Å². The molecule has 7 nitrogen and oxygen atoms in total. The average molecular weight is 515 g/mol. The third-order valence-electron chi connectivity index (χ3n) is 5.57. The van der Waals surface area contributed by atoms with Gasteiger partial charge in [0.25, 0.3) is 5.91 Å². The molecule has 0 unspecified atom stereocenters. The summed E-state index contributed by atoms with van der Waals surface area (Å²) < 4.78 is 16.1. The second kappa shape index (κ2) is 12.1. The normalized spacial score (nSPS) is 11.9. The zero-order valence-electron chi connectivity index (χ0n) is 19.4. The summed E-state index contributed by atoms with van der Waals surface area (Å²) >= 11 is 7.58. The molecule has 1 aromatic heterocycles. The zero-order valence-corrected chi connectivity index (χ0v) is 21.0. The van der Waals surface area contributed by atoms with Gasteiger partial charge in [-0.1, -0.05) is 23.7 Å². The van der Waals surface area contributed by atoms with E-state index in [2.05, 4.69) is 0 Å². The molecule has 2 aromatic carbocycles. The van der Waals surface area contributed by atoms with Gasteiger partial charge < -0.3 is 24.0 Å². The summed E-state index contributed by atoms with van der Waals surface area (Å²) in [4.78, 5) is 31.2. The Morgan fingerprint density at radius 2 is 1.83 bits per heavy atom. The second-order valence-electron chi connectivity index (χ2n) is 8.10. The molecule has 0 atom stereocenters. The Kier molecular flexibility index (Phi) is 8.63. The number of halogens is 1. The lowest BCUT2D eigenvalue weighted by Gasteiger charge is -2.28. The Hall–Kier alpha value is -3.07. The van der Waals surface area contributed by atoms with E-state index in [4.69, 9.17) is 25.8 Å². The average Bonchev–Trinajstić information content (AvgIpc) is 3.55. The van der Waals surface area contributed by atoms with Crippen molar-refractivity contribution >= 4 is 34.8 Å². The molecule has 0 saturated carbocycles. The quantitative estimate of drug-likeness (QED) is 0.343. The van der Waals surface area contributed by atoms with Crippen molar-refractivity contribution in [1.82, 2.24) is 9.80 Å². The van der Waals surface area contributed by atoms with Crippen molar-refractivity contribution in [2.24, 2.45) is 0 Å². The molecule has 0 N–H and O–H groups in total. The number of amides is 2. The van der Waals surface area contributed by atoms with Crippen LogP contribution in [0, 0.1) is 0 Å². The van der Waals surface area contributed by atoms with Crippen LogP contribution in [0.15, 0.2) is 60.0 Å². The van der Waals surface area contributed by atoms with Gasteiger partial charge in [-0.05, 0) is 59.8 Å². The van der Waals surface area contributed by atoms with Crippen molar-refractivity contribution in [2.75, 3.05) is 33.6 Å². The molecule has 0 radical (unpaired) electrons. The Balaban J connectivity index is 1.52. The molecule has 0 spiro atoms. The number of carbonyl (C=O) groups excluding carboxylic acids is 2. The van der Waals surface area contributed by atoms with Gasteiger partial charge in [0.15, 0.2) is 11.5 Å². The molecule has 9 heteroatoms. The fraction of sp³-hybridized carbons (Fsp3) is 0.308. The molecule has 0 saturated heterocycles. The monoisotopic (exact) mass is 514 g/mol. The number of ether oxygens (including phenoxy) is 3. The van der Waals surface area contributed by atoms with Gasteiger partial charge in [-0.25, -0.2) is 0 Å². The minimum atomic E-state index is -0.217. The summed E-state index contributed by atoms with van der Waals surface area (Å²) in [5.41, 5.74) is 1.41. The number of hydrogen-bond donors (Lipinski definition) is 0. The number of methoxy groups -OCH3 is 1. The van der Waals surface area contributed by atoms with Crippen molar-refractivity contribution in [3.8, 4) is 11.5 Å². The van der Waals surface area contributed by atoms with Gasteiger partial charge in [-0.2, -0.15) is 0 Å². The Morgan fingerprint density at radius 3 is 2.57 bits per heavy atom. The maximum Gasteiger partial charge on any atom is 0.254 e. The van der Waals surface area contributed by atoms with Gasteiger partial charge in [0.2, 0.25) is 12.7 Å². The molecule has 1 aliphatic rings. The molecule has 2 heterocycles. The molecule has 35 heavy (non-hydrogen) atoms. The maximum atomic E-state index is 13.6. The van der Waals surface area contributed by atoms with E-state index in [1.807, 2.05) is 35.7 Å². The van der Waals surface area contributed by atoms with Crippen LogP contribution in [0.3, 0.4) is 0 Å². The standard InChI is InChI=1S/C26H27ClN2O5S/c1-32-12-3-11-28(26(31)20-6-8-21(27)9-7-20)17-25(30)29(16-22-4-2-13-35-22)15-19-5-10-23-24(14-19)34-18-33-23/h2,4-10,13-14H,3,11-12,15-18H2,1H3. The predicted octanol–water partition coefficient (Wildman–Crippen LogP) is 4.84. The predicted molar refractivity (Wildman–Crippen MR) is 135 cm³/mol. The number of rotatable bonds is 11. The Labute approximate surface area is 213 Å². The molecular formula is C26H27ClN2O5S. The Morgan fingerprint density at radius 1 is 1.03 bits per heavy atom. The first kappa shape index (κ1) is 25.0. The number of fused-ring (bicyclic) bond motifs is 1. The van der Waals surface area contributed by atoms with Gasteiger partial charge >= 0.3 is 0 Å². The summed E-state index contributed by atoms with van der Waals surface area (Å²) in [5, 5.41) is 2.54. The van der Waals surface area contributed by atoms with Gasteiger partial charge in [0.1, 0.15) is 6.54 Å². The minimum Gasteiger partial charge on any atom is -0.454 e. The molecule has 4 rings (SSSR count). The third kappa shape index (κ3) is 6.75. The molecule has 0 aliphatic carbocycles. The van der Waals surface area contributed by atoms with Crippen LogP contribution in [-0.2, 0) is 22.6 Å². The molecule has 0 fully saturated rings. The molecule has 3 aromatic rings. The van der Waals surface area contributed by atoms with Crippen molar-refractivity contribution in [2.45, 2.75) is 19.5 Å². The molecule has 184 valence electrons. The number of hydrogen-bond acceptors (Lipinski definition) is 6. The van der Waals surface area contributed by atoms with E-state index in [0.29, 0.717) is 54.7 Å². The third-order valence-corrected chi connectivity index (χ3v) is 6.68. The van der Waals surface area contributed by atoms with Crippen LogP contribution in [0.5, 0.6) is 11.5 Å². The van der Waals surface area contributed by atoms with E-state index >= 15 is 0 Å². The van der Waals surface area contributed by atoms with Crippen LogP contribution in [0.1, 0.15) is 27.2 Å². The first-order valence-electron chi connectivity index (χ1n) is 11.3. The maximum absolute atomic E-state index is 13.6. The van der Waals surface area contributed by atoms with Gasteiger partial charge in [0, 0.05) is 42.3 Å². The van der Waals surface area contributed by atoms with Crippen LogP contribution < -0.4 is 9.47 Å². The second-order valence-corrected chi connectivity index (χ2v) is 9.57. The topological polar surface area (TPSA) is 68.3 Å². The van der Waals surface area contributed by atoms with Crippen LogP contribution in [0.4, 0.5) is 0 Å². The van der Waals surface area contributed by atoms with Gasteiger partial charge in [0.05, 0.1) is 6.54 Å². The van der Waals surface area contributed by atoms with Crippen molar-refractivity contribution < 1.29 is 23.8 Å². The number of carbonyl (C=O) groups is 2. The lowest BCUT2D eigenvalue weighted by Crippen LogP contribution is -2.43. The largest absolute Gasteiger partial charge is 0.454 e. The van der Waals surface area contributed by atoms with E-state index < -0.39 is 0 Å². The molecule has 0 bridgehead atoms. The highest BCUT2D eigenvalue weighted by Crippen LogP contribution is 2.33. The van der Waals surface area contributed by atoms with Crippen molar-refractivity contribution in [3.63, 3.8) is 0 Å². The van der Waals surface area contributed by atoms with Gasteiger partial charge in [-0.3, -0.25) is 9.59 Å². The highest BCUT2D eigenvalue weighted by atomic mass is 35.5. The van der Waals surface area contributed by atoms with E-state index in [1.165, 1.54) is 0 Å². The molecular weight excluding hydrogens is 488 g/mol. The number of thiophene rings is 1. The summed E-state index contributed by atoms with van der Waals surface area (Å²) in [6, 6.07) is 16.3. The lowest BCUT2D eigenvalue weighted by atomic mass is 10.1. The molecule has 2 amide bonds. The summed E-state index contributed by atoms with van der Waals surface area (Å²) in [5.74, 6) is 1.01. The summed E-state index contributed by atoms with van der Waals surface area (Å²) in [7, 11) is 1.62. The van der Waals surface area contributed by atoms with E-state index in [-0.39, 0.29) is 25.2 Å². The van der Waals surface area contributed by atoms with Crippen LogP contribution in [0.25, 0.3) is 0 Å². The van der Waals surface area contributed by atoms with E-state index in [0.717, 1.165) is 10.4 Å². The highest BCUT2D eigenvalue weighted by Gasteiger charge is 2.24. The number of benzene rings is 2. The first-order valence-corrected chi connectivity index (χ1v) is 12.5. The summed E-state index contributed by atoms with van der Waals surface area (Å²) in [6.07, 6.45) is 0.621. The SMILES string of the molecule is COCCCN(CC(=O)N(Cc1ccc2c(c1)OCO2)Cc1cccs1)C(=O)c1ccc(Cl)cc1. The van der Waals surface area contributed by atoms with Crippen molar-refractivity contribution in [3.05, 3.63) is 81.0 Å². The van der Waals surface area contributed by atoms with Crippen LogP contribution >= 0.6 is 22.9 Å². The summed E-state index contributed by atoms with van der Waals surface area (Å²) in [6.45, 7) is 1.88.